The summed E-state index contributed by atoms with van der Waals surface area (Å²) in [5.74, 6) is 0. The minimum atomic E-state index is -1.12. The lowest BCUT2D eigenvalue weighted by Gasteiger charge is -2.18. The molecule has 0 rings (SSSR count). The molecule has 0 spiro atoms. The van der Waals surface area contributed by atoms with Crippen LogP contribution < -0.4 is 11.5 Å². The number of hydrogen-bond acceptors (Lipinski definition) is 4. The van der Waals surface area contributed by atoms with Gasteiger partial charge in [-0.05, 0) is 7.05 Å². The van der Waals surface area contributed by atoms with E-state index in [4.69, 9.17) is 21.7 Å². The van der Waals surface area contributed by atoms with Crippen LogP contribution in [0.2, 0.25) is 0 Å². The van der Waals surface area contributed by atoms with Gasteiger partial charge in [-0.2, -0.15) is 0 Å². The van der Waals surface area contributed by atoms with Crippen LogP contribution in [0.3, 0.4) is 0 Å². The number of likely N-dealkylation sites (N-methyl/N-ethyl adjacent to an activating group) is 1. The number of aliphatic hydroxyl groups is 1. The Kier molecular flexibility index (Phi) is 3.67. The van der Waals surface area contributed by atoms with Gasteiger partial charge in [0, 0.05) is 0 Å². The van der Waals surface area contributed by atoms with Crippen LogP contribution in [0.25, 0.3) is 0 Å². The molecule has 56 valence electrons. The molecule has 7 N–H and O–H groups in total. The third-order valence-corrected chi connectivity index (χ3v) is 0.970. The summed E-state index contributed by atoms with van der Waals surface area (Å²) in [4.78, 5) is 1.48. The summed E-state index contributed by atoms with van der Waals surface area (Å²) in [6.07, 6.45) is -1.71. The van der Waals surface area contributed by atoms with Crippen molar-refractivity contribution >= 4 is 0 Å². The number of nitrogens with zero attached hydrogens (tertiary/aromatic N) is 1. The topological polar surface area (TPSA) is 98.4 Å². The van der Waals surface area contributed by atoms with E-state index in [9.17, 15) is 0 Å². The molecule has 5 heteroatoms. The number of hydrogen-bond donors (Lipinski definition) is 3. The summed E-state index contributed by atoms with van der Waals surface area (Å²) in [7, 11) is 1.64. The van der Waals surface area contributed by atoms with E-state index in [2.05, 4.69) is 0 Å². The van der Waals surface area contributed by atoms with E-state index in [1.807, 2.05) is 0 Å². The molecular weight excluding hydrogens is 122 g/mol. The van der Waals surface area contributed by atoms with E-state index < -0.39 is 12.6 Å². The molecule has 0 fully saturated rings. The minimum absolute atomic E-state index is 0.178. The molecule has 9 heavy (non-hydrogen) atoms. The standard InChI is InChI=1S/C4H13N3O2/c1-7(4(5)6)2-3(8)9/h3-4,8-9H,2,5-6H2,1H3/p+1. The summed E-state index contributed by atoms with van der Waals surface area (Å²) < 4.78 is 0. The Morgan fingerprint density at radius 2 is 2.11 bits per heavy atom. The lowest BCUT2D eigenvalue weighted by Crippen LogP contribution is -2.49. The van der Waals surface area contributed by atoms with E-state index in [1.165, 1.54) is 4.90 Å². The zero-order valence-electron chi connectivity index (χ0n) is 5.41. The van der Waals surface area contributed by atoms with Crippen molar-refractivity contribution in [2.24, 2.45) is 11.5 Å². The quantitative estimate of drug-likeness (QED) is 0.287. The maximum absolute atomic E-state index is 8.49. The van der Waals surface area contributed by atoms with Gasteiger partial charge in [-0.15, -0.1) is 0 Å². The van der Waals surface area contributed by atoms with Crippen LogP contribution in [0.15, 0.2) is 0 Å². The molecule has 0 bridgehead atoms. The third-order valence-electron chi connectivity index (χ3n) is 0.970. The van der Waals surface area contributed by atoms with Gasteiger partial charge in [0.1, 0.15) is 12.8 Å². The molecule has 0 aromatic carbocycles. The Morgan fingerprint density at radius 3 is 2.22 bits per heavy atom. The van der Waals surface area contributed by atoms with Crippen LogP contribution in [0.5, 0.6) is 0 Å². The second-order valence-corrected chi connectivity index (χ2v) is 1.95. The van der Waals surface area contributed by atoms with Gasteiger partial charge in [0.2, 0.25) is 0 Å². The van der Waals surface area contributed by atoms with Gasteiger partial charge in [0.05, 0.1) is 0 Å². The van der Waals surface area contributed by atoms with Gasteiger partial charge < -0.3 is 21.7 Å². The SMILES string of the molecule is CN(CC(O)[OH2+])C(N)N. The second kappa shape index (κ2) is 3.76. The molecule has 0 amide bonds. The molecule has 0 aliphatic rings. The van der Waals surface area contributed by atoms with Crippen LogP contribution in [0.4, 0.5) is 0 Å². The second-order valence-electron chi connectivity index (χ2n) is 1.95. The van der Waals surface area contributed by atoms with Gasteiger partial charge in [0.25, 0.3) is 6.29 Å². The fourth-order valence-electron chi connectivity index (χ4n) is 0.394. The molecule has 1 atom stereocenters. The highest BCUT2D eigenvalue weighted by Gasteiger charge is 2.09. The van der Waals surface area contributed by atoms with E-state index >= 15 is 0 Å². The van der Waals surface area contributed by atoms with Crippen molar-refractivity contribution in [3.63, 3.8) is 0 Å². The maximum atomic E-state index is 8.49. The molecule has 0 saturated heterocycles. The lowest BCUT2D eigenvalue weighted by atomic mass is 10.5. The first-order valence-electron chi connectivity index (χ1n) is 2.64. The van der Waals surface area contributed by atoms with Gasteiger partial charge in [0.15, 0.2) is 0 Å². The van der Waals surface area contributed by atoms with Gasteiger partial charge in [-0.1, -0.05) is 0 Å². The van der Waals surface area contributed by atoms with Crippen LogP contribution >= 0.6 is 0 Å². The third kappa shape index (κ3) is 4.31. The van der Waals surface area contributed by atoms with Crippen molar-refractivity contribution in [1.29, 1.82) is 0 Å². The normalized spacial score (nSPS) is 15.0. The van der Waals surface area contributed by atoms with Crippen LogP contribution in [0.1, 0.15) is 0 Å². The van der Waals surface area contributed by atoms with Crippen molar-refractivity contribution in [3.05, 3.63) is 0 Å². The van der Waals surface area contributed by atoms with Gasteiger partial charge in [-0.25, -0.2) is 0 Å². The summed E-state index contributed by atoms with van der Waals surface area (Å²) in [6, 6.07) is 0. The Morgan fingerprint density at radius 1 is 1.67 bits per heavy atom. The average Bonchev–Trinajstić information content (AvgIpc) is 1.63. The lowest BCUT2D eigenvalue weighted by molar-refractivity contribution is -0.0627. The predicted molar refractivity (Wildman–Crippen MR) is 34.4 cm³/mol. The number of nitrogens with two attached hydrogens (primary N) is 2. The Hall–Kier alpha value is -0.200. The first-order chi connectivity index (χ1) is 4.04. The predicted octanol–water partition coefficient (Wildman–Crippen LogP) is -2.84. The summed E-state index contributed by atoms with van der Waals surface area (Å²) in [5, 5.41) is 15.2. The van der Waals surface area contributed by atoms with Crippen molar-refractivity contribution < 1.29 is 10.2 Å². The average molecular weight is 136 g/mol. The van der Waals surface area contributed by atoms with Crippen LogP contribution in [-0.2, 0) is 0 Å². The van der Waals surface area contributed by atoms with Gasteiger partial charge >= 0.3 is 0 Å². The van der Waals surface area contributed by atoms with E-state index in [-0.39, 0.29) is 6.54 Å². The van der Waals surface area contributed by atoms with Crippen molar-refractivity contribution in [2.45, 2.75) is 12.6 Å². The molecule has 0 saturated carbocycles. The Balaban J connectivity index is 3.38. The first-order valence-corrected chi connectivity index (χ1v) is 2.64. The molecule has 0 aromatic heterocycles. The molecule has 0 aliphatic carbocycles. The summed E-state index contributed by atoms with van der Waals surface area (Å²) in [6.45, 7) is 0.178. The maximum Gasteiger partial charge on any atom is 0.274 e. The van der Waals surface area contributed by atoms with E-state index in [1.54, 1.807) is 7.05 Å². The summed E-state index contributed by atoms with van der Waals surface area (Å²) >= 11 is 0. The largest absolute Gasteiger partial charge is 0.421 e. The molecule has 5 nitrogen and oxygen atoms in total. The van der Waals surface area contributed by atoms with Crippen LogP contribution in [-0.4, -0.2) is 41.3 Å². The van der Waals surface area contributed by atoms with Crippen molar-refractivity contribution in [1.82, 2.24) is 4.90 Å². The molecule has 0 radical (unpaired) electrons. The summed E-state index contributed by atoms with van der Waals surface area (Å²) in [5.41, 5.74) is 10.4. The Bertz CT molecular complexity index is 76.2. The molecule has 0 aliphatic heterocycles. The number of aliphatic hydroxyl groups excluding tert-OH is 1. The molecular formula is C4H14N3O2+. The highest BCUT2D eigenvalue weighted by Crippen LogP contribution is 1.83. The van der Waals surface area contributed by atoms with Crippen molar-refractivity contribution in [2.75, 3.05) is 13.6 Å². The Labute approximate surface area is 53.9 Å². The molecule has 1 unspecified atom stereocenters. The fraction of sp³-hybridized carbons (Fsp3) is 1.00. The van der Waals surface area contributed by atoms with Crippen LogP contribution in [0, 0.1) is 0 Å². The van der Waals surface area contributed by atoms with Crippen molar-refractivity contribution in [3.8, 4) is 0 Å². The molecule has 0 heterocycles. The highest BCUT2D eigenvalue weighted by molar-refractivity contribution is 4.53. The first kappa shape index (κ1) is 8.80. The zero-order chi connectivity index (χ0) is 7.44. The van der Waals surface area contributed by atoms with Gasteiger partial charge in [-0.3, -0.25) is 4.90 Å². The highest BCUT2D eigenvalue weighted by atomic mass is 16.5. The minimum Gasteiger partial charge on any atom is -0.421 e. The smallest absolute Gasteiger partial charge is 0.274 e. The fourth-order valence-corrected chi connectivity index (χ4v) is 0.394. The number of rotatable bonds is 3. The monoisotopic (exact) mass is 136 g/mol. The zero-order valence-corrected chi connectivity index (χ0v) is 5.41. The van der Waals surface area contributed by atoms with E-state index in [0.717, 1.165) is 0 Å². The molecule has 0 aromatic rings. The van der Waals surface area contributed by atoms with E-state index in [0.29, 0.717) is 0 Å².